The molecule has 85 heavy (non-hydrogen) atoms. The predicted octanol–water partition coefficient (Wildman–Crippen LogP) is 22.2. The highest BCUT2D eigenvalue weighted by molar-refractivity contribution is 5.71. The zero-order chi connectivity index (χ0) is 61.9. The van der Waals surface area contributed by atoms with Gasteiger partial charge in [0.15, 0.2) is 6.10 Å². The molecule has 0 aromatic carbocycles. The van der Waals surface area contributed by atoms with Crippen molar-refractivity contribution in [2.75, 3.05) is 47.5 Å². The Bertz CT molecular complexity index is 1670. The van der Waals surface area contributed by atoms with E-state index in [4.69, 9.17) is 18.9 Å². The number of hydrogen-bond donors (Lipinski definition) is 1. The van der Waals surface area contributed by atoms with Gasteiger partial charge in [-0.2, -0.15) is 0 Å². The lowest BCUT2D eigenvalue weighted by Gasteiger charge is -2.25. The van der Waals surface area contributed by atoms with Crippen LogP contribution in [-0.2, 0) is 33.3 Å². The smallest absolute Gasteiger partial charge is 0.361 e. The van der Waals surface area contributed by atoms with E-state index in [2.05, 4.69) is 98.9 Å². The number of esters is 2. The fraction of sp³-hybridized carbons (Fsp3) is 0.776. The number of carboxylic acid groups (broad SMARTS) is 1. The lowest BCUT2D eigenvalue weighted by Crippen LogP contribution is -2.40. The second-order valence-corrected chi connectivity index (χ2v) is 25.2. The van der Waals surface area contributed by atoms with Gasteiger partial charge in [-0.15, -0.1) is 0 Å². The summed E-state index contributed by atoms with van der Waals surface area (Å²) in [5, 5.41) is 9.75. The third kappa shape index (κ3) is 67.8. The fourth-order valence-electron chi connectivity index (χ4n) is 10.2. The average Bonchev–Trinajstić information content (AvgIpc) is 3.48. The van der Waals surface area contributed by atoms with Crippen LogP contribution in [0.1, 0.15) is 322 Å². The van der Waals surface area contributed by atoms with E-state index in [1.165, 1.54) is 218 Å². The summed E-state index contributed by atoms with van der Waals surface area (Å²) in [5.41, 5.74) is 0. The number of carbonyl (C=O) groups excluding carboxylic acids is 2. The number of carboxylic acids is 1. The SMILES string of the molecule is CC/C=C\C/C=C\C/C=C\C/C=C\C/C=C\C/C=C\CCCCCCCCCCCCCCCCCCC(=O)OC(COC(=O)CCCCCCCCCCCCCCC/C=C\CCCCCCCCCC)COC(OCC[N+](C)(C)C)C(=O)O. The van der Waals surface area contributed by atoms with Gasteiger partial charge in [0, 0.05) is 12.8 Å². The van der Waals surface area contributed by atoms with Gasteiger partial charge in [-0.1, -0.05) is 304 Å². The molecule has 0 spiro atoms. The average molecular weight is 1190 g/mol. The molecule has 9 nitrogen and oxygen atoms in total. The molecule has 0 radical (unpaired) electrons. The van der Waals surface area contributed by atoms with Gasteiger partial charge in [0.2, 0.25) is 0 Å². The summed E-state index contributed by atoms with van der Waals surface area (Å²) < 4.78 is 23.0. The first kappa shape index (κ1) is 81.5. The minimum absolute atomic E-state index is 0.181. The summed E-state index contributed by atoms with van der Waals surface area (Å²) in [6, 6.07) is 0. The van der Waals surface area contributed by atoms with Crippen LogP contribution in [0, 0.1) is 0 Å². The molecule has 2 atom stereocenters. The van der Waals surface area contributed by atoms with Crippen molar-refractivity contribution in [3.63, 3.8) is 0 Å². The Morgan fingerprint density at radius 3 is 1.01 bits per heavy atom. The number of nitrogens with zero attached hydrogens (tertiary/aromatic N) is 1. The van der Waals surface area contributed by atoms with Crippen LogP contribution in [-0.4, -0.2) is 87.4 Å². The van der Waals surface area contributed by atoms with Gasteiger partial charge in [-0.25, -0.2) is 4.79 Å². The van der Waals surface area contributed by atoms with Gasteiger partial charge < -0.3 is 28.5 Å². The molecule has 0 fully saturated rings. The van der Waals surface area contributed by atoms with Crippen LogP contribution in [0.15, 0.2) is 85.1 Å². The molecule has 0 aliphatic rings. The Labute approximate surface area is 525 Å². The third-order valence-corrected chi connectivity index (χ3v) is 15.6. The second kappa shape index (κ2) is 66.4. The van der Waals surface area contributed by atoms with Crippen molar-refractivity contribution in [2.45, 2.75) is 334 Å². The van der Waals surface area contributed by atoms with E-state index in [1.54, 1.807) is 0 Å². The van der Waals surface area contributed by atoms with E-state index < -0.39 is 24.3 Å². The van der Waals surface area contributed by atoms with E-state index in [0.29, 0.717) is 17.4 Å². The van der Waals surface area contributed by atoms with Crippen molar-refractivity contribution < 1.29 is 42.9 Å². The van der Waals surface area contributed by atoms with Crippen LogP contribution < -0.4 is 0 Å². The molecule has 492 valence electrons. The molecular formula is C76H136NO8+. The van der Waals surface area contributed by atoms with Crippen molar-refractivity contribution in [3.8, 4) is 0 Å². The Kier molecular flexibility index (Phi) is 63.7. The molecular weight excluding hydrogens is 1050 g/mol. The Morgan fingerprint density at radius 1 is 0.365 bits per heavy atom. The largest absolute Gasteiger partial charge is 0.477 e. The molecule has 0 rings (SSSR count). The maximum Gasteiger partial charge on any atom is 0.361 e. The highest BCUT2D eigenvalue weighted by Crippen LogP contribution is 2.18. The number of quaternary nitrogens is 1. The van der Waals surface area contributed by atoms with Crippen LogP contribution in [0.4, 0.5) is 0 Å². The van der Waals surface area contributed by atoms with Crippen LogP contribution in [0.25, 0.3) is 0 Å². The van der Waals surface area contributed by atoms with E-state index in [9.17, 15) is 19.5 Å². The lowest BCUT2D eigenvalue weighted by atomic mass is 10.0. The summed E-state index contributed by atoms with van der Waals surface area (Å²) in [6.45, 7) is 4.80. The Hall–Kier alpha value is -3.53. The van der Waals surface area contributed by atoms with Crippen LogP contribution >= 0.6 is 0 Å². The topological polar surface area (TPSA) is 108 Å². The summed E-state index contributed by atoms with van der Waals surface area (Å²) in [7, 11) is 5.98. The summed E-state index contributed by atoms with van der Waals surface area (Å²) in [4.78, 5) is 37.6. The van der Waals surface area contributed by atoms with E-state index in [-0.39, 0.29) is 32.2 Å². The zero-order valence-corrected chi connectivity index (χ0v) is 56.3. The monoisotopic (exact) mass is 1190 g/mol. The molecule has 9 heteroatoms. The molecule has 0 aliphatic heterocycles. The predicted molar refractivity (Wildman–Crippen MR) is 364 cm³/mol. The highest BCUT2D eigenvalue weighted by Gasteiger charge is 2.25. The van der Waals surface area contributed by atoms with Crippen LogP contribution in [0.3, 0.4) is 0 Å². The van der Waals surface area contributed by atoms with Crippen molar-refractivity contribution in [3.05, 3.63) is 85.1 Å². The van der Waals surface area contributed by atoms with Gasteiger partial charge in [-0.05, 0) is 89.9 Å². The highest BCUT2D eigenvalue weighted by atomic mass is 16.7. The molecule has 0 heterocycles. The molecule has 0 saturated heterocycles. The number of likely N-dealkylation sites (N-methyl/N-ethyl adjacent to an activating group) is 1. The van der Waals surface area contributed by atoms with Crippen molar-refractivity contribution in [1.29, 1.82) is 0 Å². The molecule has 0 saturated carbocycles. The Balaban J connectivity index is 4.08. The maximum absolute atomic E-state index is 13.0. The minimum Gasteiger partial charge on any atom is -0.477 e. The molecule has 0 bridgehead atoms. The van der Waals surface area contributed by atoms with Gasteiger partial charge in [0.05, 0.1) is 34.4 Å². The van der Waals surface area contributed by atoms with Crippen molar-refractivity contribution in [2.24, 2.45) is 0 Å². The van der Waals surface area contributed by atoms with Crippen molar-refractivity contribution >= 4 is 17.9 Å². The van der Waals surface area contributed by atoms with Crippen molar-refractivity contribution in [1.82, 2.24) is 0 Å². The molecule has 0 aliphatic carbocycles. The Morgan fingerprint density at radius 2 is 0.671 bits per heavy atom. The number of unbranched alkanes of at least 4 members (excludes halogenated alkanes) is 37. The number of carbonyl (C=O) groups is 3. The van der Waals surface area contributed by atoms with Crippen LogP contribution in [0.5, 0.6) is 0 Å². The van der Waals surface area contributed by atoms with E-state index in [1.807, 2.05) is 21.1 Å². The third-order valence-electron chi connectivity index (χ3n) is 15.6. The molecule has 2 unspecified atom stereocenters. The first-order chi connectivity index (χ1) is 41.6. The van der Waals surface area contributed by atoms with Gasteiger partial charge in [0.25, 0.3) is 6.29 Å². The number of ether oxygens (including phenoxy) is 4. The first-order valence-corrected chi connectivity index (χ1v) is 35.8. The fourth-order valence-corrected chi connectivity index (χ4v) is 10.2. The standard InChI is InChI=1S/C76H135NO8/c1-6-8-10-12-14-16-18-20-22-24-26-28-30-32-33-34-35-36-37-38-39-40-41-43-45-47-49-51-53-55-57-59-61-63-65-67-74(79)85-72(71-84-76(75(80)81)82-69-68-77(3,4)5)70-83-73(78)66-64-62-60-58-56-54-52-50-48-46-44-42-31-29-27-25-23-21-19-17-15-13-11-9-7-2/h8,10,14,16,20,22,25-28,32-33,35-36,72,76H,6-7,9,11-13,15,17-19,21,23-24,29-31,34,37-71H2,1-5H3/p+1/b10-8-,16-14-,22-20-,27-25-,28-26-,33-32-,36-35-. The van der Waals surface area contributed by atoms with Gasteiger partial charge >= 0.3 is 17.9 Å². The molecule has 1 N–H and O–H groups in total. The molecule has 0 amide bonds. The molecule has 0 aromatic heterocycles. The molecule has 0 aromatic rings. The van der Waals surface area contributed by atoms with Gasteiger partial charge in [-0.3, -0.25) is 9.59 Å². The van der Waals surface area contributed by atoms with Gasteiger partial charge in [0.1, 0.15) is 13.2 Å². The summed E-state index contributed by atoms with van der Waals surface area (Å²) >= 11 is 0. The number of hydrogen-bond acceptors (Lipinski definition) is 7. The lowest BCUT2D eigenvalue weighted by molar-refractivity contribution is -0.870. The zero-order valence-electron chi connectivity index (χ0n) is 56.3. The number of rotatable bonds is 66. The van der Waals surface area contributed by atoms with E-state index >= 15 is 0 Å². The maximum atomic E-state index is 13.0. The minimum atomic E-state index is -1.51. The normalized spacial score (nSPS) is 13.2. The second-order valence-electron chi connectivity index (χ2n) is 25.2. The number of aliphatic carboxylic acids is 1. The van der Waals surface area contributed by atoms with E-state index in [0.717, 1.165) is 77.0 Å². The number of allylic oxidation sites excluding steroid dienone is 14. The van der Waals surface area contributed by atoms with Crippen LogP contribution in [0.2, 0.25) is 0 Å². The quantitative estimate of drug-likeness (QED) is 0.0211. The summed E-state index contributed by atoms with van der Waals surface area (Å²) in [5.74, 6) is -1.99. The summed E-state index contributed by atoms with van der Waals surface area (Å²) in [6.07, 6.45) is 87.0. The first-order valence-electron chi connectivity index (χ1n) is 35.8.